The summed E-state index contributed by atoms with van der Waals surface area (Å²) < 4.78 is 5.94. The number of nitrogens with two attached hydrogens (primary N) is 1. The van der Waals surface area contributed by atoms with Crippen molar-refractivity contribution in [2.24, 2.45) is 11.1 Å². The second-order valence-corrected chi connectivity index (χ2v) is 7.46. The monoisotopic (exact) mass is 386 g/mol. The lowest BCUT2D eigenvalue weighted by Crippen LogP contribution is -2.50. The molecule has 0 bridgehead atoms. The first-order valence-corrected chi connectivity index (χ1v) is 9.37. The molecule has 1 saturated heterocycles. The van der Waals surface area contributed by atoms with Crippen LogP contribution in [-0.4, -0.2) is 36.4 Å². The molecule has 1 aliphatic heterocycles. The summed E-state index contributed by atoms with van der Waals surface area (Å²) in [5.41, 5.74) is 5.48. The molecule has 0 aliphatic carbocycles. The van der Waals surface area contributed by atoms with E-state index in [0.29, 0.717) is 30.3 Å². The average Bonchev–Trinajstić information content (AvgIpc) is 2.67. The van der Waals surface area contributed by atoms with Crippen molar-refractivity contribution in [2.75, 3.05) is 19.7 Å². The summed E-state index contributed by atoms with van der Waals surface area (Å²) in [5.74, 6) is 0.212. The fourth-order valence-electron chi connectivity index (χ4n) is 3.62. The quantitative estimate of drug-likeness (QED) is 0.825. The summed E-state index contributed by atoms with van der Waals surface area (Å²) in [7, 11) is 0. The van der Waals surface area contributed by atoms with Gasteiger partial charge in [-0.3, -0.25) is 9.59 Å². The minimum Gasteiger partial charge on any atom is -0.493 e. The Kier molecular flexibility index (Phi) is 6.01. The van der Waals surface area contributed by atoms with Crippen molar-refractivity contribution in [3.05, 3.63) is 65.2 Å². The van der Waals surface area contributed by atoms with Crippen LogP contribution >= 0.6 is 11.6 Å². The highest BCUT2D eigenvalue weighted by Crippen LogP contribution is 2.35. The maximum absolute atomic E-state index is 13.0. The van der Waals surface area contributed by atoms with Gasteiger partial charge in [0, 0.05) is 24.9 Å². The van der Waals surface area contributed by atoms with Crippen molar-refractivity contribution in [3.63, 3.8) is 0 Å². The number of ether oxygens (including phenoxy) is 1. The van der Waals surface area contributed by atoms with Gasteiger partial charge in [0.05, 0.1) is 17.2 Å². The van der Waals surface area contributed by atoms with Gasteiger partial charge in [0.1, 0.15) is 5.75 Å². The Labute approximate surface area is 164 Å². The van der Waals surface area contributed by atoms with Crippen LogP contribution in [0.15, 0.2) is 54.6 Å². The van der Waals surface area contributed by atoms with Gasteiger partial charge in [0.25, 0.3) is 5.91 Å². The Bertz CT molecular complexity index is 812. The third kappa shape index (κ3) is 4.80. The van der Waals surface area contributed by atoms with E-state index in [0.717, 1.165) is 18.6 Å². The van der Waals surface area contributed by atoms with Crippen LogP contribution in [0.3, 0.4) is 0 Å². The number of primary amides is 1. The molecule has 2 N–H and O–H groups in total. The van der Waals surface area contributed by atoms with Gasteiger partial charge in [0.15, 0.2) is 0 Å². The molecule has 0 spiro atoms. The molecule has 1 unspecified atom stereocenters. The largest absolute Gasteiger partial charge is 0.493 e. The molecule has 1 heterocycles. The van der Waals surface area contributed by atoms with Crippen LogP contribution in [0.4, 0.5) is 0 Å². The number of benzene rings is 2. The van der Waals surface area contributed by atoms with Crippen LogP contribution in [0.5, 0.6) is 5.75 Å². The zero-order valence-electron chi connectivity index (χ0n) is 15.1. The van der Waals surface area contributed by atoms with E-state index in [1.54, 1.807) is 29.2 Å². The molecule has 0 saturated carbocycles. The second-order valence-electron chi connectivity index (χ2n) is 7.05. The molecule has 6 heteroatoms. The van der Waals surface area contributed by atoms with E-state index in [9.17, 15) is 9.59 Å². The Balaban J connectivity index is 1.78. The Morgan fingerprint density at radius 3 is 2.52 bits per heavy atom. The lowest BCUT2D eigenvalue weighted by Gasteiger charge is -2.42. The van der Waals surface area contributed by atoms with Gasteiger partial charge in [-0.25, -0.2) is 0 Å². The number of likely N-dealkylation sites (tertiary alicyclic amines) is 1. The highest BCUT2D eigenvalue weighted by molar-refractivity contribution is 6.33. The van der Waals surface area contributed by atoms with Crippen LogP contribution < -0.4 is 10.5 Å². The van der Waals surface area contributed by atoms with Crippen LogP contribution in [0, 0.1) is 5.41 Å². The first-order valence-electron chi connectivity index (χ1n) is 8.99. The number of hydrogen-bond acceptors (Lipinski definition) is 3. The van der Waals surface area contributed by atoms with Crippen molar-refractivity contribution in [3.8, 4) is 5.75 Å². The summed E-state index contributed by atoms with van der Waals surface area (Å²) in [6.45, 7) is 1.36. The molecular weight excluding hydrogens is 364 g/mol. The number of para-hydroxylation sites is 1. The molecule has 2 amide bonds. The SMILES string of the molecule is NC(=O)CC1(COc2ccccc2)CCCN(C(=O)c2ccccc2Cl)C1. The van der Waals surface area contributed by atoms with E-state index in [4.69, 9.17) is 22.1 Å². The first-order chi connectivity index (χ1) is 13.0. The first kappa shape index (κ1) is 19.2. The summed E-state index contributed by atoms with van der Waals surface area (Å²) in [6.07, 6.45) is 1.73. The summed E-state index contributed by atoms with van der Waals surface area (Å²) in [5, 5.41) is 0.425. The summed E-state index contributed by atoms with van der Waals surface area (Å²) in [6, 6.07) is 16.4. The molecular formula is C21H23ClN2O3. The highest BCUT2D eigenvalue weighted by Gasteiger charge is 2.39. The van der Waals surface area contributed by atoms with Gasteiger partial charge in [-0.05, 0) is 37.1 Å². The molecule has 1 fully saturated rings. The maximum atomic E-state index is 13.0. The number of hydrogen-bond donors (Lipinski definition) is 1. The number of carbonyl (C=O) groups is 2. The minimum atomic E-state index is -0.503. The number of amides is 2. The van der Waals surface area contributed by atoms with E-state index >= 15 is 0 Å². The third-order valence-corrected chi connectivity index (χ3v) is 5.22. The van der Waals surface area contributed by atoms with Crippen molar-refractivity contribution < 1.29 is 14.3 Å². The van der Waals surface area contributed by atoms with Gasteiger partial charge in [0.2, 0.25) is 5.91 Å². The van der Waals surface area contributed by atoms with Crippen LogP contribution in [-0.2, 0) is 4.79 Å². The number of nitrogens with zero attached hydrogens (tertiary/aromatic N) is 1. The predicted octanol–water partition coefficient (Wildman–Crippen LogP) is 3.52. The molecule has 1 aliphatic rings. The summed E-state index contributed by atoms with van der Waals surface area (Å²) in [4.78, 5) is 26.4. The van der Waals surface area contributed by atoms with Crippen molar-refractivity contribution in [2.45, 2.75) is 19.3 Å². The fraction of sp³-hybridized carbons (Fsp3) is 0.333. The smallest absolute Gasteiger partial charge is 0.255 e. The number of carbonyl (C=O) groups excluding carboxylic acids is 2. The number of rotatable bonds is 6. The van der Waals surface area contributed by atoms with Crippen molar-refractivity contribution in [1.82, 2.24) is 4.90 Å². The van der Waals surface area contributed by atoms with Gasteiger partial charge >= 0.3 is 0 Å². The van der Waals surface area contributed by atoms with Gasteiger partial charge in [-0.15, -0.1) is 0 Å². The molecule has 3 rings (SSSR count). The topological polar surface area (TPSA) is 72.6 Å². The lowest BCUT2D eigenvalue weighted by atomic mass is 9.77. The van der Waals surface area contributed by atoms with Crippen molar-refractivity contribution in [1.29, 1.82) is 0 Å². The van der Waals surface area contributed by atoms with E-state index in [2.05, 4.69) is 0 Å². The van der Waals surface area contributed by atoms with Crippen LogP contribution in [0.2, 0.25) is 5.02 Å². The standard InChI is InChI=1S/C21H23ClN2O3/c22-18-10-5-4-9-17(18)20(26)24-12-6-11-21(14-24,13-19(23)25)15-27-16-7-2-1-3-8-16/h1-5,7-10H,6,11-15H2,(H2,23,25). The number of halogens is 1. The van der Waals surface area contributed by atoms with E-state index < -0.39 is 11.3 Å². The minimum absolute atomic E-state index is 0.131. The lowest BCUT2D eigenvalue weighted by molar-refractivity contribution is -0.122. The van der Waals surface area contributed by atoms with Gasteiger partial charge < -0.3 is 15.4 Å². The van der Waals surface area contributed by atoms with Gasteiger partial charge in [-0.1, -0.05) is 41.9 Å². The molecule has 27 heavy (non-hydrogen) atoms. The third-order valence-electron chi connectivity index (χ3n) is 4.89. The normalized spacial score (nSPS) is 19.5. The second kappa shape index (κ2) is 8.44. The van der Waals surface area contributed by atoms with E-state index in [1.807, 2.05) is 30.3 Å². The zero-order chi connectivity index (χ0) is 19.3. The molecule has 1 atom stereocenters. The molecule has 2 aromatic carbocycles. The average molecular weight is 387 g/mol. The predicted molar refractivity (Wildman–Crippen MR) is 105 cm³/mol. The molecule has 0 radical (unpaired) electrons. The Morgan fingerprint density at radius 2 is 1.81 bits per heavy atom. The molecule has 142 valence electrons. The Morgan fingerprint density at radius 1 is 1.11 bits per heavy atom. The molecule has 5 nitrogen and oxygen atoms in total. The molecule has 0 aromatic heterocycles. The van der Waals surface area contributed by atoms with E-state index in [-0.39, 0.29) is 12.3 Å². The number of piperidine rings is 1. The molecule has 2 aromatic rings. The maximum Gasteiger partial charge on any atom is 0.255 e. The fourth-order valence-corrected chi connectivity index (χ4v) is 3.84. The van der Waals surface area contributed by atoms with Crippen LogP contribution in [0.1, 0.15) is 29.6 Å². The van der Waals surface area contributed by atoms with Gasteiger partial charge in [-0.2, -0.15) is 0 Å². The highest BCUT2D eigenvalue weighted by atomic mass is 35.5. The van der Waals surface area contributed by atoms with Crippen molar-refractivity contribution >= 4 is 23.4 Å². The zero-order valence-corrected chi connectivity index (χ0v) is 15.8. The summed E-state index contributed by atoms with van der Waals surface area (Å²) >= 11 is 6.19. The van der Waals surface area contributed by atoms with E-state index in [1.165, 1.54) is 0 Å². The Hall–Kier alpha value is -2.53. The van der Waals surface area contributed by atoms with Crippen LogP contribution in [0.25, 0.3) is 0 Å².